The molecular formula is C28H29NO7S. The summed E-state index contributed by atoms with van der Waals surface area (Å²) >= 11 is 0. The molecular weight excluding hydrogens is 494 g/mol. The molecule has 3 aliphatic heterocycles. The first-order chi connectivity index (χ1) is 17.5. The van der Waals surface area contributed by atoms with E-state index in [2.05, 4.69) is 4.90 Å². The fraction of sp³-hybridized carbons (Fsp3) is 0.429. The second-order valence-corrected chi connectivity index (χ2v) is 13.4. The van der Waals surface area contributed by atoms with Gasteiger partial charge in [-0.2, -0.15) is 0 Å². The van der Waals surface area contributed by atoms with Crippen molar-refractivity contribution in [1.29, 1.82) is 0 Å². The number of fused-ring (bicyclic) bond motifs is 3. The zero-order chi connectivity index (χ0) is 26.2. The minimum Gasteiger partial charge on any atom is -0.454 e. The molecule has 4 aliphatic rings. The molecule has 1 fully saturated rings. The van der Waals surface area contributed by atoms with Gasteiger partial charge in [0, 0.05) is 25.1 Å². The standard InChI is InChI=1S/C28H29NO7S/c1-27(2,3)26(31)36-25-21(30)14-28-13-19(37(32,33)18-7-5-4-6-8-18)15-29(28)10-9-17-11-22-23(35-16-34-22)12-20(17)24(25)28/h4-8,11-12,19H,9-10,13-16H2,1-3H3/t19?,28-/m0/s1. The van der Waals surface area contributed by atoms with Gasteiger partial charge in [0.25, 0.3) is 0 Å². The summed E-state index contributed by atoms with van der Waals surface area (Å²) in [6.07, 6.45) is 0.920. The zero-order valence-electron chi connectivity index (χ0n) is 21.1. The monoisotopic (exact) mass is 523 g/mol. The molecule has 0 amide bonds. The number of allylic oxidation sites excluding steroid dienone is 1. The summed E-state index contributed by atoms with van der Waals surface area (Å²) in [4.78, 5) is 28.9. The summed E-state index contributed by atoms with van der Waals surface area (Å²) in [6.45, 7) is 6.16. The van der Waals surface area contributed by atoms with Crippen molar-refractivity contribution >= 4 is 27.2 Å². The predicted octanol–water partition coefficient (Wildman–Crippen LogP) is 3.53. The number of hydrogen-bond acceptors (Lipinski definition) is 8. The normalized spacial score (nSPS) is 24.9. The number of esters is 1. The summed E-state index contributed by atoms with van der Waals surface area (Å²) < 4.78 is 44.4. The highest BCUT2D eigenvalue weighted by Crippen LogP contribution is 2.55. The number of carbonyl (C=O) groups excluding carboxylic acids is 2. The topological polar surface area (TPSA) is 99.2 Å². The summed E-state index contributed by atoms with van der Waals surface area (Å²) in [7, 11) is -3.65. The minimum absolute atomic E-state index is 0.0182. The lowest BCUT2D eigenvalue weighted by Crippen LogP contribution is -2.43. The van der Waals surface area contributed by atoms with Gasteiger partial charge in [0.2, 0.25) is 12.6 Å². The quantitative estimate of drug-likeness (QED) is 0.564. The van der Waals surface area contributed by atoms with Gasteiger partial charge in [0.1, 0.15) is 0 Å². The van der Waals surface area contributed by atoms with E-state index < -0.39 is 32.0 Å². The lowest BCUT2D eigenvalue weighted by Gasteiger charge is -2.35. The van der Waals surface area contributed by atoms with E-state index in [4.69, 9.17) is 14.2 Å². The molecule has 1 aliphatic carbocycles. The lowest BCUT2D eigenvalue weighted by atomic mass is 9.83. The highest BCUT2D eigenvalue weighted by molar-refractivity contribution is 7.92. The van der Waals surface area contributed by atoms with Crippen LogP contribution in [-0.2, 0) is 30.6 Å². The maximum Gasteiger partial charge on any atom is 0.316 e. The van der Waals surface area contributed by atoms with E-state index >= 15 is 0 Å². The van der Waals surface area contributed by atoms with Gasteiger partial charge in [-0.25, -0.2) is 8.42 Å². The molecule has 2 aromatic carbocycles. The molecule has 1 saturated heterocycles. The fourth-order valence-electron chi connectivity index (χ4n) is 5.94. The summed E-state index contributed by atoms with van der Waals surface area (Å²) in [5.74, 6) is 0.412. The predicted molar refractivity (Wildman–Crippen MR) is 135 cm³/mol. The summed E-state index contributed by atoms with van der Waals surface area (Å²) in [5.41, 5.74) is 0.588. The van der Waals surface area contributed by atoms with Crippen LogP contribution in [0.1, 0.15) is 44.7 Å². The molecule has 3 heterocycles. The fourth-order valence-corrected chi connectivity index (χ4v) is 7.73. The molecule has 0 N–H and O–H groups in total. The van der Waals surface area contributed by atoms with Crippen LogP contribution in [0.15, 0.2) is 53.1 Å². The number of Topliss-reactive ketones (excluding diaryl/α,β-unsaturated/α-hetero) is 1. The Balaban J connectivity index is 1.52. The first-order valence-electron chi connectivity index (χ1n) is 12.5. The van der Waals surface area contributed by atoms with Crippen molar-refractivity contribution in [3.8, 4) is 11.5 Å². The van der Waals surface area contributed by atoms with Gasteiger partial charge in [-0.1, -0.05) is 18.2 Å². The van der Waals surface area contributed by atoms with Crippen molar-refractivity contribution in [2.45, 2.75) is 55.7 Å². The van der Waals surface area contributed by atoms with E-state index in [0.29, 0.717) is 30.0 Å². The van der Waals surface area contributed by atoms with Gasteiger partial charge >= 0.3 is 5.97 Å². The number of nitrogens with zero attached hydrogens (tertiary/aromatic N) is 1. The van der Waals surface area contributed by atoms with Crippen LogP contribution in [0, 0.1) is 5.41 Å². The van der Waals surface area contributed by atoms with Crippen LogP contribution in [0.5, 0.6) is 11.5 Å². The maximum atomic E-state index is 13.7. The zero-order valence-corrected chi connectivity index (χ0v) is 21.9. The molecule has 37 heavy (non-hydrogen) atoms. The average molecular weight is 524 g/mol. The highest BCUT2D eigenvalue weighted by Gasteiger charge is 2.59. The Labute approximate surface area is 216 Å². The molecule has 2 aromatic rings. The van der Waals surface area contributed by atoms with Gasteiger partial charge in [0.05, 0.1) is 21.1 Å². The van der Waals surface area contributed by atoms with Gasteiger partial charge in [-0.3, -0.25) is 14.5 Å². The Bertz CT molecular complexity index is 1460. The van der Waals surface area contributed by atoms with Crippen LogP contribution in [0.3, 0.4) is 0 Å². The van der Waals surface area contributed by atoms with Crippen molar-refractivity contribution in [3.05, 3.63) is 59.4 Å². The van der Waals surface area contributed by atoms with Crippen molar-refractivity contribution in [1.82, 2.24) is 4.90 Å². The Kier molecular flexibility index (Phi) is 5.34. The molecule has 1 spiro atoms. The van der Waals surface area contributed by atoms with Gasteiger partial charge in [-0.05, 0) is 69.0 Å². The molecule has 0 radical (unpaired) electrons. The summed E-state index contributed by atoms with van der Waals surface area (Å²) in [5, 5.41) is -0.703. The van der Waals surface area contributed by atoms with Crippen LogP contribution in [0.25, 0.3) is 5.57 Å². The molecule has 194 valence electrons. The van der Waals surface area contributed by atoms with Crippen LogP contribution < -0.4 is 9.47 Å². The number of rotatable bonds is 3. The second-order valence-electron chi connectivity index (χ2n) is 11.2. The van der Waals surface area contributed by atoms with E-state index in [1.807, 2.05) is 12.1 Å². The SMILES string of the molecule is CC(C)(C)C(=O)OC1=C2c3cc4c(cc3CCN3CC(S(=O)(=O)c5ccccc5)C[C@]23CC1=O)OCO4. The van der Waals surface area contributed by atoms with Crippen LogP contribution in [0.2, 0.25) is 0 Å². The molecule has 6 rings (SSSR count). The average Bonchev–Trinajstić information content (AvgIpc) is 3.51. The molecule has 1 unspecified atom stereocenters. The molecule has 9 heteroatoms. The number of carbonyl (C=O) groups is 2. The number of sulfone groups is 1. The molecule has 0 aromatic heterocycles. The van der Waals surface area contributed by atoms with Crippen LogP contribution >= 0.6 is 0 Å². The van der Waals surface area contributed by atoms with Crippen molar-refractivity contribution in [2.75, 3.05) is 19.9 Å². The maximum absolute atomic E-state index is 13.7. The Morgan fingerprint density at radius 3 is 2.51 bits per heavy atom. The summed E-state index contributed by atoms with van der Waals surface area (Å²) in [6, 6.07) is 12.2. The van der Waals surface area contributed by atoms with Crippen molar-refractivity contribution in [3.63, 3.8) is 0 Å². The lowest BCUT2D eigenvalue weighted by molar-refractivity contribution is -0.150. The van der Waals surface area contributed by atoms with Gasteiger partial charge in [0.15, 0.2) is 27.1 Å². The molecule has 0 saturated carbocycles. The second kappa shape index (κ2) is 8.16. The number of benzene rings is 2. The largest absolute Gasteiger partial charge is 0.454 e. The van der Waals surface area contributed by atoms with E-state index in [-0.39, 0.29) is 42.6 Å². The Morgan fingerprint density at radius 2 is 1.81 bits per heavy atom. The smallest absolute Gasteiger partial charge is 0.316 e. The van der Waals surface area contributed by atoms with Crippen molar-refractivity contribution in [2.24, 2.45) is 5.41 Å². The van der Waals surface area contributed by atoms with E-state index in [9.17, 15) is 18.0 Å². The minimum atomic E-state index is -3.65. The highest BCUT2D eigenvalue weighted by atomic mass is 32.2. The number of hydrogen-bond donors (Lipinski definition) is 0. The third-order valence-electron chi connectivity index (χ3n) is 7.83. The van der Waals surface area contributed by atoms with Crippen LogP contribution in [-0.4, -0.2) is 55.7 Å². The van der Waals surface area contributed by atoms with E-state index in [1.54, 1.807) is 51.1 Å². The molecule has 8 nitrogen and oxygen atoms in total. The number of ether oxygens (including phenoxy) is 3. The Morgan fingerprint density at radius 1 is 1.11 bits per heavy atom. The van der Waals surface area contributed by atoms with Crippen molar-refractivity contribution < 1.29 is 32.2 Å². The van der Waals surface area contributed by atoms with Gasteiger partial charge < -0.3 is 14.2 Å². The number of ketones is 1. The van der Waals surface area contributed by atoms with Crippen LogP contribution in [0.4, 0.5) is 0 Å². The molecule has 0 bridgehead atoms. The van der Waals surface area contributed by atoms with Gasteiger partial charge in [-0.15, -0.1) is 0 Å². The third kappa shape index (κ3) is 3.70. The Hall–Kier alpha value is -3.17. The molecule has 2 atom stereocenters. The first kappa shape index (κ1) is 24.2. The van der Waals surface area contributed by atoms with E-state index in [1.165, 1.54) is 0 Å². The van der Waals surface area contributed by atoms with E-state index in [0.717, 1.165) is 11.1 Å². The third-order valence-corrected chi connectivity index (χ3v) is 9.95. The first-order valence-corrected chi connectivity index (χ1v) is 14.0.